The van der Waals surface area contributed by atoms with Gasteiger partial charge >= 0.3 is 0 Å². The zero-order valence-electron chi connectivity index (χ0n) is 13.1. The number of aryl methyl sites for hydroxylation is 1. The minimum atomic E-state index is 0.115. The number of hydrogen-bond donors (Lipinski definition) is 0. The second-order valence-corrected chi connectivity index (χ2v) is 5.56. The highest BCUT2D eigenvalue weighted by molar-refractivity contribution is 5.86. The van der Waals surface area contributed by atoms with Crippen LogP contribution in [0.15, 0.2) is 12.5 Å². The van der Waals surface area contributed by atoms with E-state index >= 15 is 0 Å². The van der Waals surface area contributed by atoms with Crippen molar-refractivity contribution in [3.8, 4) is 6.07 Å². The molecule has 23 heavy (non-hydrogen) atoms. The van der Waals surface area contributed by atoms with Gasteiger partial charge in [0.25, 0.3) is 0 Å². The molecule has 3 rings (SSSR count). The summed E-state index contributed by atoms with van der Waals surface area (Å²) in [6, 6.07) is 2.12. The van der Waals surface area contributed by atoms with E-state index in [-0.39, 0.29) is 5.91 Å². The van der Waals surface area contributed by atoms with Crippen LogP contribution in [0.3, 0.4) is 0 Å². The molecule has 0 bridgehead atoms. The van der Waals surface area contributed by atoms with Gasteiger partial charge in [0.05, 0.1) is 30.6 Å². The van der Waals surface area contributed by atoms with Crippen LogP contribution in [0.25, 0.3) is 11.0 Å². The third-order valence-corrected chi connectivity index (χ3v) is 4.09. The number of carbonyl (C=O) groups is 1. The van der Waals surface area contributed by atoms with Crippen LogP contribution in [0, 0.1) is 11.3 Å². The van der Waals surface area contributed by atoms with Crippen LogP contribution in [0.2, 0.25) is 0 Å². The number of nitriles is 1. The van der Waals surface area contributed by atoms with Gasteiger partial charge in [-0.3, -0.25) is 4.79 Å². The van der Waals surface area contributed by atoms with Crippen molar-refractivity contribution in [1.82, 2.24) is 24.6 Å². The van der Waals surface area contributed by atoms with Gasteiger partial charge in [-0.25, -0.2) is 14.6 Å². The molecule has 1 aliphatic rings. The lowest BCUT2D eigenvalue weighted by Crippen LogP contribution is -2.33. The summed E-state index contributed by atoms with van der Waals surface area (Å²) >= 11 is 0. The Morgan fingerprint density at radius 1 is 1.30 bits per heavy atom. The normalized spacial score (nSPS) is 15.5. The Balaban J connectivity index is 1.86. The van der Waals surface area contributed by atoms with Crippen LogP contribution in [0.1, 0.15) is 19.8 Å². The van der Waals surface area contributed by atoms with Gasteiger partial charge < -0.3 is 9.80 Å². The van der Waals surface area contributed by atoms with E-state index in [9.17, 15) is 4.79 Å². The smallest absolute Gasteiger partial charge is 0.219 e. The molecule has 0 atom stereocenters. The Kier molecular flexibility index (Phi) is 4.37. The number of fused-ring (bicyclic) bond motifs is 1. The lowest BCUT2D eigenvalue weighted by atomic mass is 10.3. The summed E-state index contributed by atoms with van der Waals surface area (Å²) in [5, 5.41) is 13.9. The van der Waals surface area contributed by atoms with Crippen molar-refractivity contribution >= 4 is 22.8 Å². The number of carbonyl (C=O) groups excluding carboxylic acids is 1. The molecule has 120 valence electrons. The first-order valence-electron chi connectivity index (χ1n) is 7.74. The molecule has 0 unspecified atom stereocenters. The van der Waals surface area contributed by atoms with Gasteiger partial charge in [0.1, 0.15) is 12.1 Å². The Hall–Kier alpha value is -2.69. The molecule has 1 saturated heterocycles. The van der Waals surface area contributed by atoms with Crippen molar-refractivity contribution < 1.29 is 4.79 Å². The topological polar surface area (TPSA) is 90.9 Å². The highest BCUT2D eigenvalue weighted by atomic mass is 16.2. The van der Waals surface area contributed by atoms with Gasteiger partial charge in [0.15, 0.2) is 5.65 Å². The van der Waals surface area contributed by atoms with Gasteiger partial charge in [-0.2, -0.15) is 10.4 Å². The SMILES string of the molecule is CC(=O)N1CCCN(c2ncnc3c2cnn3CCC#N)CC1. The maximum atomic E-state index is 11.6. The second kappa shape index (κ2) is 6.60. The summed E-state index contributed by atoms with van der Waals surface area (Å²) in [5.74, 6) is 0.965. The van der Waals surface area contributed by atoms with Gasteiger partial charge in [0, 0.05) is 33.1 Å². The molecule has 8 heteroatoms. The van der Waals surface area contributed by atoms with Crippen molar-refractivity contribution in [2.75, 3.05) is 31.1 Å². The maximum Gasteiger partial charge on any atom is 0.219 e. The van der Waals surface area contributed by atoms with Crippen LogP contribution >= 0.6 is 0 Å². The Morgan fingerprint density at radius 2 is 2.17 bits per heavy atom. The zero-order valence-corrected chi connectivity index (χ0v) is 13.1. The Bertz CT molecular complexity index is 748. The van der Waals surface area contributed by atoms with E-state index in [1.54, 1.807) is 17.8 Å². The summed E-state index contributed by atoms with van der Waals surface area (Å²) in [6.45, 7) is 5.20. The largest absolute Gasteiger partial charge is 0.354 e. The predicted octanol–water partition coefficient (Wildman–Crippen LogP) is 0.799. The number of nitrogens with zero attached hydrogens (tertiary/aromatic N) is 7. The van der Waals surface area contributed by atoms with Crippen LogP contribution in [-0.4, -0.2) is 56.7 Å². The van der Waals surface area contributed by atoms with Crippen molar-refractivity contribution in [1.29, 1.82) is 5.26 Å². The highest BCUT2D eigenvalue weighted by Crippen LogP contribution is 2.23. The number of anilines is 1. The Morgan fingerprint density at radius 3 is 2.96 bits per heavy atom. The average molecular weight is 313 g/mol. The second-order valence-electron chi connectivity index (χ2n) is 5.56. The van der Waals surface area contributed by atoms with Crippen molar-refractivity contribution in [3.63, 3.8) is 0 Å². The van der Waals surface area contributed by atoms with Gasteiger partial charge in [-0.05, 0) is 6.42 Å². The lowest BCUT2D eigenvalue weighted by molar-refractivity contribution is -0.128. The summed E-state index contributed by atoms with van der Waals surface area (Å²) < 4.78 is 1.74. The lowest BCUT2D eigenvalue weighted by Gasteiger charge is -2.22. The van der Waals surface area contributed by atoms with E-state index in [4.69, 9.17) is 5.26 Å². The molecule has 0 saturated carbocycles. The molecule has 0 N–H and O–H groups in total. The minimum Gasteiger partial charge on any atom is -0.354 e. The fourth-order valence-corrected chi connectivity index (χ4v) is 2.90. The standard InChI is InChI=1S/C15H19N7O/c1-12(23)20-5-3-6-21(9-8-20)14-13-10-19-22(7-2-4-16)15(13)18-11-17-14/h10-11H,2-3,5-9H2,1H3. The number of rotatable bonds is 3. The van der Waals surface area contributed by atoms with Crippen LogP contribution in [0.4, 0.5) is 5.82 Å². The molecule has 0 spiro atoms. The number of aromatic nitrogens is 4. The number of hydrogen-bond acceptors (Lipinski definition) is 6. The molecule has 2 aromatic rings. The van der Waals surface area contributed by atoms with Crippen LogP contribution in [-0.2, 0) is 11.3 Å². The van der Waals surface area contributed by atoms with Gasteiger partial charge in [0.2, 0.25) is 5.91 Å². The molecule has 0 aromatic carbocycles. The molecule has 1 amide bonds. The first kappa shape index (κ1) is 15.2. The zero-order chi connectivity index (χ0) is 16.2. The first-order chi connectivity index (χ1) is 11.2. The third-order valence-electron chi connectivity index (χ3n) is 4.09. The average Bonchev–Trinajstić information content (AvgIpc) is 2.80. The molecule has 0 radical (unpaired) electrons. The summed E-state index contributed by atoms with van der Waals surface area (Å²) in [4.78, 5) is 24.3. The highest BCUT2D eigenvalue weighted by Gasteiger charge is 2.20. The molecule has 3 heterocycles. The van der Waals surface area contributed by atoms with E-state index in [0.717, 1.165) is 42.9 Å². The minimum absolute atomic E-state index is 0.115. The van der Waals surface area contributed by atoms with E-state index in [0.29, 0.717) is 19.5 Å². The molecule has 1 aliphatic heterocycles. The fourth-order valence-electron chi connectivity index (χ4n) is 2.90. The summed E-state index contributed by atoms with van der Waals surface area (Å²) in [6.07, 6.45) is 4.60. The number of amides is 1. The molecule has 8 nitrogen and oxygen atoms in total. The first-order valence-corrected chi connectivity index (χ1v) is 7.74. The molecular formula is C15H19N7O. The van der Waals surface area contributed by atoms with Crippen LogP contribution in [0.5, 0.6) is 0 Å². The predicted molar refractivity (Wildman–Crippen MR) is 84.6 cm³/mol. The molecular weight excluding hydrogens is 294 g/mol. The van der Waals surface area contributed by atoms with E-state index in [1.807, 2.05) is 4.90 Å². The van der Waals surface area contributed by atoms with Crippen molar-refractivity contribution in [3.05, 3.63) is 12.5 Å². The maximum absolute atomic E-state index is 11.6. The monoisotopic (exact) mass is 313 g/mol. The van der Waals surface area contributed by atoms with Crippen molar-refractivity contribution in [2.45, 2.75) is 26.3 Å². The van der Waals surface area contributed by atoms with Crippen LogP contribution < -0.4 is 4.90 Å². The molecule has 1 fully saturated rings. The third kappa shape index (κ3) is 3.08. The van der Waals surface area contributed by atoms with E-state index in [2.05, 4.69) is 26.0 Å². The molecule has 0 aliphatic carbocycles. The summed E-state index contributed by atoms with van der Waals surface area (Å²) in [7, 11) is 0. The van der Waals surface area contributed by atoms with Gasteiger partial charge in [-0.15, -0.1) is 0 Å². The van der Waals surface area contributed by atoms with E-state index in [1.165, 1.54) is 6.33 Å². The van der Waals surface area contributed by atoms with Gasteiger partial charge in [-0.1, -0.05) is 0 Å². The van der Waals surface area contributed by atoms with E-state index < -0.39 is 0 Å². The quantitative estimate of drug-likeness (QED) is 0.832. The fraction of sp³-hybridized carbons (Fsp3) is 0.533. The van der Waals surface area contributed by atoms with Crippen molar-refractivity contribution in [2.24, 2.45) is 0 Å². The summed E-state index contributed by atoms with van der Waals surface area (Å²) in [5.41, 5.74) is 0.748. The Labute approximate surface area is 134 Å². The molecule has 2 aromatic heterocycles.